The molecule has 2 aromatic rings. The summed E-state index contributed by atoms with van der Waals surface area (Å²) in [7, 11) is 0. The van der Waals surface area contributed by atoms with Gasteiger partial charge in [-0.1, -0.05) is 13.3 Å². The predicted molar refractivity (Wildman–Crippen MR) is 101 cm³/mol. The maximum absolute atomic E-state index is 12.9. The molecule has 0 radical (unpaired) electrons. The van der Waals surface area contributed by atoms with Gasteiger partial charge in [-0.15, -0.1) is 13.2 Å². The van der Waals surface area contributed by atoms with Crippen molar-refractivity contribution < 1.29 is 22.7 Å². The van der Waals surface area contributed by atoms with E-state index in [4.69, 9.17) is 5.73 Å². The minimum Gasteiger partial charge on any atom is -0.406 e. The number of unbranched alkanes of at least 4 members (excludes halogenated alkanes) is 1. The number of benzene rings is 1. The number of nitrogens with zero attached hydrogens (tertiary/aromatic N) is 2. The maximum Gasteiger partial charge on any atom is 0.573 e. The summed E-state index contributed by atoms with van der Waals surface area (Å²) < 4.78 is 41.8. The third-order valence-corrected chi connectivity index (χ3v) is 4.12. The minimum absolute atomic E-state index is 0.0199. The second-order valence-electron chi connectivity index (χ2n) is 6.12. The van der Waals surface area contributed by atoms with Gasteiger partial charge in [0.05, 0.1) is 0 Å². The van der Waals surface area contributed by atoms with Crippen LogP contribution in [0.5, 0.6) is 5.75 Å². The fourth-order valence-corrected chi connectivity index (χ4v) is 2.73. The highest BCUT2D eigenvalue weighted by Crippen LogP contribution is 2.24. The average molecular weight is 414 g/mol. The van der Waals surface area contributed by atoms with Crippen molar-refractivity contribution >= 4 is 17.4 Å². The van der Waals surface area contributed by atoms with Gasteiger partial charge in [0.15, 0.2) is 5.69 Å². The lowest BCUT2D eigenvalue weighted by Crippen LogP contribution is -2.41. The second kappa shape index (κ2) is 8.84. The van der Waals surface area contributed by atoms with E-state index in [-0.39, 0.29) is 30.2 Å². The summed E-state index contributed by atoms with van der Waals surface area (Å²) in [5, 5.41) is 0. The van der Waals surface area contributed by atoms with E-state index in [0.29, 0.717) is 6.42 Å². The first-order chi connectivity index (χ1) is 13.6. The number of carbonyl (C=O) groups is 1. The Labute approximate surface area is 163 Å². The number of nitrogens with one attached hydrogen (secondary N) is 1. The highest BCUT2D eigenvalue weighted by molar-refractivity contribution is 6.07. The Kier molecular flexibility index (Phi) is 6.72. The summed E-state index contributed by atoms with van der Waals surface area (Å²) in [5.41, 5.74) is 4.34. The van der Waals surface area contributed by atoms with Crippen molar-refractivity contribution in [3.8, 4) is 5.75 Å². The van der Waals surface area contributed by atoms with Crippen molar-refractivity contribution in [3.05, 3.63) is 50.7 Å². The number of H-pyrrole nitrogens is 1. The van der Waals surface area contributed by atoms with E-state index in [1.165, 1.54) is 4.57 Å². The number of hydrogen-bond donors (Lipinski definition) is 2. The number of hydrogen-bond acceptors (Lipinski definition) is 5. The highest BCUT2D eigenvalue weighted by Gasteiger charge is 2.31. The molecule has 1 aromatic heterocycles. The molecule has 1 heterocycles. The van der Waals surface area contributed by atoms with Crippen LogP contribution < -0.4 is 26.6 Å². The summed E-state index contributed by atoms with van der Waals surface area (Å²) in [6.45, 7) is 3.82. The number of nitrogens with two attached hydrogens (primary N) is 1. The molecule has 0 atom stereocenters. The van der Waals surface area contributed by atoms with Gasteiger partial charge in [0.25, 0.3) is 11.5 Å². The van der Waals surface area contributed by atoms with Crippen LogP contribution in [0.1, 0.15) is 37.0 Å². The standard InChI is InChI=1S/C18H21F3N4O4/c1-3-5-10-25-14(22)13(15(26)23-17(25)28)24(4-2)16(27)11-6-8-12(9-7-11)29-18(19,20)21/h6-9H,3-5,10,22H2,1-2H3,(H,23,26,28). The second-order valence-corrected chi connectivity index (χ2v) is 6.12. The fraction of sp³-hybridized carbons (Fsp3) is 0.389. The summed E-state index contributed by atoms with van der Waals surface area (Å²) >= 11 is 0. The Morgan fingerprint density at radius 1 is 1.21 bits per heavy atom. The lowest BCUT2D eigenvalue weighted by Gasteiger charge is -2.23. The summed E-state index contributed by atoms with van der Waals surface area (Å²) in [6, 6.07) is 4.27. The van der Waals surface area contributed by atoms with Crippen molar-refractivity contribution in [1.29, 1.82) is 0 Å². The van der Waals surface area contributed by atoms with Gasteiger partial charge >= 0.3 is 12.1 Å². The zero-order valence-electron chi connectivity index (χ0n) is 15.9. The van der Waals surface area contributed by atoms with Crippen LogP contribution >= 0.6 is 0 Å². The lowest BCUT2D eigenvalue weighted by molar-refractivity contribution is -0.274. The summed E-state index contributed by atoms with van der Waals surface area (Å²) in [5.74, 6) is -1.30. The molecule has 0 aliphatic rings. The van der Waals surface area contributed by atoms with Crippen molar-refractivity contribution in [2.45, 2.75) is 39.6 Å². The van der Waals surface area contributed by atoms with Crippen LogP contribution in [-0.4, -0.2) is 28.4 Å². The SMILES string of the molecule is CCCCn1c(N)c(N(CC)C(=O)c2ccc(OC(F)(F)F)cc2)c(=O)[nH]c1=O. The lowest BCUT2D eigenvalue weighted by atomic mass is 10.2. The van der Waals surface area contributed by atoms with Crippen molar-refractivity contribution in [3.63, 3.8) is 0 Å². The number of halogens is 3. The van der Waals surface area contributed by atoms with E-state index in [1.807, 2.05) is 6.92 Å². The van der Waals surface area contributed by atoms with Gasteiger partial charge in [-0.2, -0.15) is 0 Å². The monoisotopic (exact) mass is 414 g/mol. The van der Waals surface area contributed by atoms with Crippen LogP contribution in [0, 0.1) is 0 Å². The van der Waals surface area contributed by atoms with Crippen molar-refractivity contribution in [2.24, 2.45) is 0 Å². The van der Waals surface area contributed by atoms with Gasteiger partial charge in [0, 0.05) is 18.7 Å². The van der Waals surface area contributed by atoms with Crippen LogP contribution in [0.2, 0.25) is 0 Å². The molecule has 11 heteroatoms. The zero-order chi connectivity index (χ0) is 21.8. The van der Waals surface area contributed by atoms with Crippen LogP contribution in [-0.2, 0) is 6.54 Å². The molecule has 0 saturated heterocycles. The molecular weight excluding hydrogens is 393 g/mol. The van der Waals surface area contributed by atoms with E-state index in [9.17, 15) is 27.6 Å². The van der Waals surface area contributed by atoms with E-state index < -0.39 is 29.3 Å². The minimum atomic E-state index is -4.85. The van der Waals surface area contributed by atoms with Gasteiger partial charge in [0.1, 0.15) is 11.6 Å². The van der Waals surface area contributed by atoms with Crippen LogP contribution in [0.15, 0.2) is 33.9 Å². The molecule has 29 heavy (non-hydrogen) atoms. The molecular formula is C18H21F3N4O4. The normalized spacial score (nSPS) is 11.3. The Morgan fingerprint density at radius 3 is 2.34 bits per heavy atom. The third-order valence-electron chi connectivity index (χ3n) is 4.12. The molecule has 0 fully saturated rings. The number of nitrogen functional groups attached to an aromatic ring is 1. The van der Waals surface area contributed by atoms with Crippen LogP contribution in [0.3, 0.4) is 0 Å². The molecule has 8 nitrogen and oxygen atoms in total. The molecule has 0 saturated carbocycles. The van der Waals surface area contributed by atoms with E-state index in [2.05, 4.69) is 9.72 Å². The number of aromatic nitrogens is 2. The molecule has 158 valence electrons. The number of anilines is 2. The van der Waals surface area contributed by atoms with Gasteiger partial charge < -0.3 is 15.4 Å². The van der Waals surface area contributed by atoms with Gasteiger partial charge in [0.2, 0.25) is 0 Å². The average Bonchev–Trinajstić information content (AvgIpc) is 2.63. The van der Waals surface area contributed by atoms with E-state index in [1.54, 1.807) is 6.92 Å². The highest BCUT2D eigenvalue weighted by atomic mass is 19.4. The number of rotatable bonds is 7. The van der Waals surface area contributed by atoms with Crippen LogP contribution in [0.25, 0.3) is 0 Å². The Hall–Kier alpha value is -3.24. The smallest absolute Gasteiger partial charge is 0.406 e. The molecule has 1 amide bonds. The zero-order valence-corrected chi connectivity index (χ0v) is 15.9. The van der Waals surface area contributed by atoms with Gasteiger partial charge in [-0.3, -0.25) is 19.1 Å². The quantitative estimate of drug-likeness (QED) is 0.723. The largest absolute Gasteiger partial charge is 0.573 e. The number of amides is 1. The molecule has 0 unspecified atom stereocenters. The van der Waals surface area contributed by atoms with Crippen LogP contribution in [0.4, 0.5) is 24.7 Å². The molecule has 0 aliphatic carbocycles. The Balaban J connectivity index is 2.42. The number of carbonyl (C=O) groups excluding carboxylic acids is 1. The van der Waals surface area contributed by atoms with Gasteiger partial charge in [-0.05, 0) is 37.6 Å². The number of aromatic amines is 1. The first-order valence-electron chi connectivity index (χ1n) is 8.89. The predicted octanol–water partition coefficient (Wildman–Crippen LogP) is 2.48. The first-order valence-corrected chi connectivity index (χ1v) is 8.89. The molecule has 0 aliphatic heterocycles. The fourth-order valence-electron chi connectivity index (χ4n) is 2.73. The Bertz CT molecular complexity index is 981. The molecule has 2 rings (SSSR count). The van der Waals surface area contributed by atoms with Gasteiger partial charge in [-0.25, -0.2) is 4.79 Å². The summed E-state index contributed by atoms with van der Waals surface area (Å²) in [6.07, 6.45) is -3.44. The number of ether oxygens (including phenoxy) is 1. The summed E-state index contributed by atoms with van der Waals surface area (Å²) in [4.78, 5) is 40.5. The van der Waals surface area contributed by atoms with Crippen molar-refractivity contribution in [2.75, 3.05) is 17.2 Å². The maximum atomic E-state index is 12.9. The molecule has 0 bridgehead atoms. The molecule has 3 N–H and O–H groups in total. The topological polar surface area (TPSA) is 110 Å². The van der Waals surface area contributed by atoms with E-state index >= 15 is 0 Å². The third kappa shape index (κ3) is 5.18. The first kappa shape index (κ1) is 22.1. The van der Waals surface area contributed by atoms with E-state index in [0.717, 1.165) is 35.6 Å². The molecule has 1 aromatic carbocycles. The van der Waals surface area contributed by atoms with Crippen molar-refractivity contribution in [1.82, 2.24) is 9.55 Å². The number of alkyl halides is 3. The Morgan fingerprint density at radius 2 is 1.83 bits per heavy atom. The molecule has 0 spiro atoms.